The van der Waals surface area contributed by atoms with Crippen LogP contribution in [-0.2, 0) is 19.1 Å². The lowest BCUT2D eigenvalue weighted by molar-refractivity contribution is -0.152. The lowest BCUT2D eigenvalue weighted by Gasteiger charge is -2.20. The van der Waals surface area contributed by atoms with Crippen LogP contribution in [0.25, 0.3) is 0 Å². The maximum atomic E-state index is 10.7. The van der Waals surface area contributed by atoms with Crippen LogP contribution in [0.15, 0.2) is 0 Å². The van der Waals surface area contributed by atoms with Gasteiger partial charge in [-0.25, -0.2) is 4.79 Å². The predicted molar refractivity (Wildman–Crippen MR) is 45.4 cm³/mol. The lowest BCUT2D eigenvalue weighted by atomic mass is 10.0. The van der Waals surface area contributed by atoms with E-state index in [2.05, 4.69) is 4.18 Å². The maximum absolute atomic E-state index is 10.7. The molecule has 0 amide bonds. The number of hydrogen-bond donors (Lipinski definition) is 1. The van der Waals surface area contributed by atoms with Gasteiger partial charge in [-0.1, -0.05) is 0 Å². The first kappa shape index (κ1) is 11.9. The third-order valence-electron chi connectivity index (χ3n) is 1.23. The Hall–Kier alpha value is -1.06. The molecule has 1 atom stereocenters. The number of terminal acetylenes is 1. The number of carboxylic acid groups (broad SMARTS) is 1. The first-order valence-corrected chi connectivity index (χ1v) is 5.10. The zero-order valence-corrected chi connectivity index (χ0v) is 8.09. The number of hydrogen-bond acceptors (Lipinski definition) is 4. The highest BCUT2D eigenvalue weighted by atomic mass is 32.2. The zero-order chi connectivity index (χ0) is 10.7. The van der Waals surface area contributed by atoms with E-state index in [1.54, 1.807) is 0 Å². The predicted octanol–water partition coefficient (Wildman–Crippen LogP) is -0.171. The second-order valence-corrected chi connectivity index (χ2v) is 4.28. The SMILES string of the molecule is C#CCC(C)(OS(C)(=O)=O)C(=O)O. The van der Waals surface area contributed by atoms with Gasteiger partial charge < -0.3 is 5.11 Å². The lowest BCUT2D eigenvalue weighted by Crippen LogP contribution is -2.39. The summed E-state index contributed by atoms with van der Waals surface area (Å²) < 4.78 is 25.7. The van der Waals surface area contributed by atoms with Crippen LogP contribution in [0.5, 0.6) is 0 Å². The van der Waals surface area contributed by atoms with Crippen LogP contribution in [-0.4, -0.2) is 31.4 Å². The van der Waals surface area contributed by atoms with Gasteiger partial charge in [0.1, 0.15) is 0 Å². The van der Waals surface area contributed by atoms with Crippen molar-refractivity contribution in [2.75, 3.05) is 6.26 Å². The monoisotopic (exact) mass is 206 g/mol. The van der Waals surface area contributed by atoms with Gasteiger partial charge in [0, 0.05) is 6.42 Å². The Labute approximate surface area is 76.8 Å². The van der Waals surface area contributed by atoms with E-state index in [1.807, 2.05) is 5.92 Å². The molecule has 0 saturated heterocycles. The number of aliphatic carboxylic acids is 1. The van der Waals surface area contributed by atoms with Gasteiger partial charge in [-0.3, -0.25) is 4.18 Å². The molecule has 0 aromatic carbocycles. The van der Waals surface area contributed by atoms with Crippen LogP contribution >= 0.6 is 0 Å². The minimum absolute atomic E-state index is 0.310. The van der Waals surface area contributed by atoms with Crippen molar-refractivity contribution >= 4 is 16.1 Å². The minimum Gasteiger partial charge on any atom is -0.479 e. The smallest absolute Gasteiger partial charge is 0.338 e. The molecular weight excluding hydrogens is 196 g/mol. The third kappa shape index (κ3) is 3.92. The molecule has 0 bridgehead atoms. The summed E-state index contributed by atoms with van der Waals surface area (Å²) in [5, 5.41) is 8.64. The normalized spacial score (nSPS) is 15.8. The van der Waals surface area contributed by atoms with E-state index < -0.39 is 21.7 Å². The summed E-state index contributed by atoms with van der Waals surface area (Å²) in [6, 6.07) is 0. The summed E-state index contributed by atoms with van der Waals surface area (Å²) in [6.07, 6.45) is 5.34. The quantitative estimate of drug-likeness (QED) is 0.510. The van der Waals surface area contributed by atoms with Crippen molar-refractivity contribution < 1.29 is 22.5 Å². The number of rotatable bonds is 4. The molecule has 0 aliphatic carbocycles. The van der Waals surface area contributed by atoms with Crippen LogP contribution in [0.2, 0.25) is 0 Å². The molecule has 13 heavy (non-hydrogen) atoms. The molecule has 5 nitrogen and oxygen atoms in total. The van der Waals surface area contributed by atoms with Crippen molar-refractivity contribution in [2.24, 2.45) is 0 Å². The summed E-state index contributed by atoms with van der Waals surface area (Å²) in [6.45, 7) is 1.11. The maximum Gasteiger partial charge on any atom is 0.338 e. The van der Waals surface area contributed by atoms with Crippen LogP contribution in [0.4, 0.5) is 0 Å². The molecule has 0 fully saturated rings. The van der Waals surface area contributed by atoms with Crippen molar-refractivity contribution in [1.29, 1.82) is 0 Å². The fourth-order valence-corrected chi connectivity index (χ4v) is 1.47. The second kappa shape index (κ2) is 3.77. The first-order valence-electron chi connectivity index (χ1n) is 3.29. The van der Waals surface area contributed by atoms with Crippen molar-refractivity contribution in [3.05, 3.63) is 0 Å². The molecule has 0 rings (SSSR count). The van der Waals surface area contributed by atoms with Gasteiger partial charge in [0.15, 0.2) is 5.60 Å². The average molecular weight is 206 g/mol. The van der Waals surface area contributed by atoms with Crippen LogP contribution in [0, 0.1) is 12.3 Å². The second-order valence-electron chi connectivity index (χ2n) is 2.70. The molecule has 0 aromatic heterocycles. The van der Waals surface area contributed by atoms with E-state index in [1.165, 1.54) is 0 Å². The molecule has 0 radical (unpaired) electrons. The molecule has 74 valence electrons. The molecule has 1 unspecified atom stereocenters. The number of carbonyl (C=O) groups is 1. The van der Waals surface area contributed by atoms with E-state index in [0.29, 0.717) is 0 Å². The topological polar surface area (TPSA) is 80.7 Å². The Morgan fingerprint density at radius 1 is 1.69 bits per heavy atom. The van der Waals surface area contributed by atoms with Gasteiger partial charge in [0.05, 0.1) is 6.26 Å². The van der Waals surface area contributed by atoms with E-state index >= 15 is 0 Å². The fraction of sp³-hybridized carbons (Fsp3) is 0.571. The largest absolute Gasteiger partial charge is 0.479 e. The molecule has 0 spiro atoms. The zero-order valence-electron chi connectivity index (χ0n) is 7.27. The molecule has 0 heterocycles. The van der Waals surface area contributed by atoms with Crippen molar-refractivity contribution in [3.63, 3.8) is 0 Å². The summed E-state index contributed by atoms with van der Waals surface area (Å²) in [7, 11) is -3.83. The Balaban J connectivity index is 4.85. The highest BCUT2D eigenvalue weighted by Gasteiger charge is 2.37. The van der Waals surface area contributed by atoms with E-state index in [0.717, 1.165) is 13.2 Å². The van der Waals surface area contributed by atoms with Crippen molar-refractivity contribution in [2.45, 2.75) is 18.9 Å². The fourth-order valence-electron chi connectivity index (χ4n) is 0.670. The van der Waals surface area contributed by atoms with Crippen molar-refractivity contribution in [3.8, 4) is 12.3 Å². The van der Waals surface area contributed by atoms with Crippen LogP contribution < -0.4 is 0 Å². The van der Waals surface area contributed by atoms with Gasteiger partial charge in [-0.05, 0) is 6.92 Å². The molecule has 0 aliphatic rings. The summed E-state index contributed by atoms with van der Waals surface area (Å²) in [4.78, 5) is 10.6. The average Bonchev–Trinajstić information content (AvgIpc) is 1.82. The van der Waals surface area contributed by atoms with Gasteiger partial charge in [0.25, 0.3) is 10.1 Å². The van der Waals surface area contributed by atoms with E-state index in [4.69, 9.17) is 11.5 Å². The van der Waals surface area contributed by atoms with Gasteiger partial charge in [-0.2, -0.15) is 8.42 Å². The van der Waals surface area contributed by atoms with Gasteiger partial charge >= 0.3 is 5.97 Å². The van der Waals surface area contributed by atoms with Crippen LogP contribution in [0.1, 0.15) is 13.3 Å². The van der Waals surface area contributed by atoms with Crippen LogP contribution in [0.3, 0.4) is 0 Å². The van der Waals surface area contributed by atoms with Crippen molar-refractivity contribution in [1.82, 2.24) is 0 Å². The van der Waals surface area contributed by atoms with E-state index in [-0.39, 0.29) is 6.42 Å². The molecule has 6 heteroatoms. The Bertz CT molecular complexity index is 336. The van der Waals surface area contributed by atoms with Gasteiger partial charge in [0.2, 0.25) is 0 Å². The standard InChI is InChI=1S/C7H10O5S/c1-4-5-7(2,6(8)9)12-13(3,10)11/h1H,5H2,2-3H3,(H,8,9). The molecular formula is C7H10O5S. The Morgan fingerprint density at radius 3 is 2.38 bits per heavy atom. The number of carboxylic acids is 1. The highest BCUT2D eigenvalue weighted by Crippen LogP contribution is 2.17. The molecule has 0 aliphatic heterocycles. The minimum atomic E-state index is -3.83. The summed E-state index contributed by atoms with van der Waals surface area (Å²) in [5.74, 6) is 0.635. The molecule has 0 saturated carbocycles. The van der Waals surface area contributed by atoms with Gasteiger partial charge in [-0.15, -0.1) is 12.3 Å². The highest BCUT2D eigenvalue weighted by molar-refractivity contribution is 7.86. The first-order chi connectivity index (χ1) is 5.71. The Kier molecular flexibility index (Phi) is 3.46. The van der Waals surface area contributed by atoms with E-state index in [9.17, 15) is 13.2 Å². The Morgan fingerprint density at radius 2 is 2.15 bits per heavy atom. The molecule has 1 N–H and O–H groups in total. The molecule has 0 aromatic rings. The summed E-state index contributed by atoms with van der Waals surface area (Å²) >= 11 is 0. The summed E-state index contributed by atoms with van der Waals surface area (Å²) in [5.41, 5.74) is -1.87. The third-order valence-corrected chi connectivity index (χ3v) is 1.90.